The van der Waals surface area contributed by atoms with Gasteiger partial charge in [0.05, 0.1) is 5.56 Å². The van der Waals surface area contributed by atoms with Crippen LogP contribution in [0.25, 0.3) is 11.6 Å². The highest BCUT2D eigenvalue weighted by Crippen LogP contribution is 2.49. The third-order valence-electron chi connectivity index (χ3n) is 10.0. The summed E-state index contributed by atoms with van der Waals surface area (Å²) in [4.78, 5) is 2.47. The van der Waals surface area contributed by atoms with Crippen LogP contribution in [0.5, 0.6) is 11.5 Å². The Balaban J connectivity index is 1.49. The van der Waals surface area contributed by atoms with Gasteiger partial charge in [-0.15, -0.1) is 0 Å². The summed E-state index contributed by atoms with van der Waals surface area (Å²) in [7, 11) is -4.54. The second-order valence-corrected chi connectivity index (χ2v) is 15.7. The minimum absolute atomic E-state index is 0.0525. The average molecular weight is 610 g/mol. The van der Waals surface area contributed by atoms with Crippen LogP contribution in [0.3, 0.4) is 0 Å². The maximum Gasteiger partial charge on any atom is 0.295 e. The fourth-order valence-electron chi connectivity index (χ4n) is 8.21. The fraction of sp³-hybridized carbons (Fsp3) is 0.432. The minimum Gasteiger partial charge on any atom is -0.455 e. The largest absolute Gasteiger partial charge is 0.455 e. The number of aryl methyl sites for hydroxylation is 2. The molecule has 0 unspecified atom stereocenters. The molecule has 5 heterocycles. The smallest absolute Gasteiger partial charge is 0.295 e. The molecule has 0 spiro atoms. The Kier molecular flexibility index (Phi) is 6.41. The van der Waals surface area contributed by atoms with Crippen LogP contribution in [-0.4, -0.2) is 39.1 Å². The first-order valence-corrected chi connectivity index (χ1v) is 17.7. The highest BCUT2D eigenvalue weighted by molar-refractivity contribution is 7.86. The number of allylic oxidation sites excluding steroid dienone is 1. The van der Waals surface area contributed by atoms with Gasteiger partial charge in [0.2, 0.25) is 5.36 Å². The SMILES string of the molecule is CC(C)(C)C=Cc1ccc(C2=c3cc4c5c(c3Oc3c2cc2c6c3CCCN6CCC2)CCC[N+]=5CCC4)c(S(=O)(=O)O)c1. The van der Waals surface area contributed by atoms with Crippen molar-refractivity contribution in [3.8, 4) is 11.5 Å². The first kappa shape index (κ1) is 28.1. The molecule has 0 atom stereocenters. The fourth-order valence-corrected chi connectivity index (χ4v) is 8.95. The van der Waals surface area contributed by atoms with Crippen molar-refractivity contribution in [1.29, 1.82) is 0 Å². The molecule has 5 aliphatic rings. The third kappa shape index (κ3) is 4.54. The van der Waals surface area contributed by atoms with Crippen LogP contribution < -0.4 is 24.8 Å². The molecule has 0 fully saturated rings. The molecule has 44 heavy (non-hydrogen) atoms. The Morgan fingerprint density at radius 2 is 1.59 bits per heavy atom. The molecule has 3 aromatic rings. The molecule has 5 aliphatic heterocycles. The number of nitrogens with zero attached hydrogens (tertiary/aromatic N) is 2. The molecule has 0 aliphatic carbocycles. The predicted octanol–water partition coefficient (Wildman–Crippen LogP) is 5.43. The van der Waals surface area contributed by atoms with Gasteiger partial charge in [-0.25, -0.2) is 4.58 Å². The van der Waals surface area contributed by atoms with E-state index in [4.69, 9.17) is 4.74 Å². The lowest BCUT2D eigenvalue weighted by molar-refractivity contribution is 0.431. The van der Waals surface area contributed by atoms with Crippen LogP contribution in [0.15, 0.2) is 41.3 Å². The highest BCUT2D eigenvalue weighted by Gasteiger charge is 2.36. The Hall–Kier alpha value is -3.42. The number of rotatable bonds is 3. The minimum atomic E-state index is -4.54. The van der Waals surface area contributed by atoms with Crippen molar-refractivity contribution in [3.05, 3.63) is 85.9 Å². The predicted molar refractivity (Wildman–Crippen MR) is 175 cm³/mol. The van der Waals surface area contributed by atoms with Gasteiger partial charge < -0.3 is 9.64 Å². The zero-order valence-electron chi connectivity index (χ0n) is 26.0. The maximum atomic E-state index is 13.2. The van der Waals surface area contributed by atoms with E-state index in [1.807, 2.05) is 18.2 Å². The van der Waals surface area contributed by atoms with Crippen molar-refractivity contribution in [3.63, 3.8) is 0 Å². The van der Waals surface area contributed by atoms with Gasteiger partial charge in [0, 0.05) is 64.7 Å². The van der Waals surface area contributed by atoms with Crippen LogP contribution >= 0.6 is 0 Å². The Morgan fingerprint density at radius 1 is 0.864 bits per heavy atom. The standard InChI is InChI=1S/C37H40N2O4S/c1-37(2,3)15-14-23-12-13-26(31(20-23)44(40,41)42)32-29-21-24-8-4-16-38-18-6-10-27(33(24)38)35(29)43-36-28-11-7-19-39-17-5-9-25(34(28)39)22-30(32)36/h12-15,20-22H,4-11,16-19H2,1-3H3/p+1. The quantitative estimate of drug-likeness (QED) is 0.248. The van der Waals surface area contributed by atoms with Crippen molar-refractivity contribution >= 4 is 27.5 Å². The van der Waals surface area contributed by atoms with E-state index in [9.17, 15) is 13.0 Å². The molecule has 1 N–H and O–H groups in total. The lowest BCUT2D eigenvalue weighted by Crippen LogP contribution is -2.45. The second-order valence-electron chi connectivity index (χ2n) is 14.3. The molecule has 0 saturated heterocycles. The topological polar surface area (TPSA) is 69.8 Å². The van der Waals surface area contributed by atoms with Gasteiger partial charge in [0.15, 0.2) is 0 Å². The molecule has 0 bridgehead atoms. The summed E-state index contributed by atoms with van der Waals surface area (Å²) < 4.78 is 46.7. The van der Waals surface area contributed by atoms with Gasteiger partial charge in [-0.1, -0.05) is 45.1 Å². The first-order valence-electron chi connectivity index (χ1n) is 16.3. The lowest BCUT2D eigenvalue weighted by Gasteiger charge is -2.39. The molecule has 8 rings (SSSR count). The molecule has 6 nitrogen and oxygen atoms in total. The van der Waals surface area contributed by atoms with E-state index in [-0.39, 0.29) is 10.3 Å². The molecule has 0 amide bonds. The normalized spacial score (nSPS) is 18.9. The number of anilines is 1. The number of hydrogen-bond donors (Lipinski definition) is 1. The average Bonchev–Trinajstić information content (AvgIpc) is 2.99. The second kappa shape index (κ2) is 10.0. The van der Waals surface area contributed by atoms with Crippen LogP contribution in [0.4, 0.5) is 5.69 Å². The maximum absolute atomic E-state index is 13.2. The van der Waals surface area contributed by atoms with Crippen molar-refractivity contribution in [1.82, 2.24) is 4.58 Å². The van der Waals surface area contributed by atoms with E-state index < -0.39 is 10.1 Å². The molecular formula is C37H41N2O4S+. The molecular weight excluding hydrogens is 568 g/mol. The first-order chi connectivity index (χ1) is 21.1. The summed E-state index contributed by atoms with van der Waals surface area (Å²) in [6, 6.07) is 10.0. The Bertz CT molecular complexity index is 2010. The van der Waals surface area contributed by atoms with Crippen molar-refractivity contribution in [2.45, 2.75) is 77.0 Å². The van der Waals surface area contributed by atoms with Crippen molar-refractivity contribution < 1.29 is 17.7 Å². The summed E-state index contributed by atoms with van der Waals surface area (Å²) >= 11 is 0. The number of benzene rings is 3. The number of ether oxygens (including phenoxy) is 1. The van der Waals surface area contributed by atoms with Crippen molar-refractivity contribution in [2.24, 2.45) is 5.41 Å². The van der Waals surface area contributed by atoms with Gasteiger partial charge in [-0.2, -0.15) is 8.42 Å². The molecule has 7 heteroatoms. The van der Waals surface area contributed by atoms with Gasteiger partial charge in [0.1, 0.15) is 29.5 Å². The summed E-state index contributed by atoms with van der Waals surface area (Å²) in [5.74, 6) is 1.75. The Labute approximate surface area is 260 Å². The molecule has 3 aromatic carbocycles. The van der Waals surface area contributed by atoms with Crippen LogP contribution in [0.1, 0.15) is 85.4 Å². The number of hydrogen-bond acceptors (Lipinski definition) is 4. The lowest BCUT2D eigenvalue weighted by atomic mass is 9.82. The molecule has 228 valence electrons. The molecule has 0 radical (unpaired) electrons. The van der Waals surface area contributed by atoms with Gasteiger partial charge in [0.25, 0.3) is 10.1 Å². The summed E-state index contributed by atoms with van der Waals surface area (Å²) in [5, 5.41) is 2.28. The monoisotopic (exact) mass is 609 g/mol. The zero-order chi connectivity index (χ0) is 30.4. The Morgan fingerprint density at radius 3 is 2.36 bits per heavy atom. The van der Waals surface area contributed by atoms with E-state index in [2.05, 4.69) is 48.5 Å². The van der Waals surface area contributed by atoms with E-state index in [1.54, 1.807) is 6.07 Å². The molecule has 0 aromatic heterocycles. The van der Waals surface area contributed by atoms with E-state index in [0.717, 1.165) is 111 Å². The molecule has 0 saturated carbocycles. The van der Waals surface area contributed by atoms with Crippen LogP contribution in [-0.2, 0) is 35.8 Å². The van der Waals surface area contributed by atoms with Crippen LogP contribution in [0, 0.1) is 5.41 Å². The van der Waals surface area contributed by atoms with Crippen LogP contribution in [0.2, 0.25) is 0 Å². The van der Waals surface area contributed by atoms with Gasteiger partial charge in [-0.3, -0.25) is 4.55 Å². The number of fused-ring (bicyclic) bond motifs is 4. The van der Waals surface area contributed by atoms with Gasteiger partial charge >= 0.3 is 0 Å². The van der Waals surface area contributed by atoms with E-state index in [0.29, 0.717) is 5.56 Å². The van der Waals surface area contributed by atoms with Gasteiger partial charge in [-0.05, 0) is 73.3 Å². The highest BCUT2D eigenvalue weighted by atomic mass is 32.2. The zero-order valence-corrected chi connectivity index (χ0v) is 26.8. The summed E-state index contributed by atoms with van der Waals surface area (Å²) in [5.41, 5.74) is 9.51. The summed E-state index contributed by atoms with van der Waals surface area (Å²) in [6.45, 7) is 10.6. The third-order valence-corrected chi connectivity index (χ3v) is 10.9. The summed E-state index contributed by atoms with van der Waals surface area (Å²) in [6.07, 6.45) is 12.3. The van der Waals surface area contributed by atoms with E-state index in [1.165, 1.54) is 33.3 Å². The van der Waals surface area contributed by atoms with E-state index >= 15 is 0 Å². The van der Waals surface area contributed by atoms with Crippen molar-refractivity contribution in [2.75, 3.05) is 31.1 Å².